The molecule has 7 nitrogen and oxygen atoms in total. The number of aromatic nitrogens is 6. The second-order valence-corrected chi connectivity index (χ2v) is 6.56. The highest BCUT2D eigenvalue weighted by atomic mass is 35.5. The number of aryl methyl sites for hydroxylation is 2. The standard InChI is InChI=1S/C16H16N6OS.ClH/c1-11-18-13(9-21(11)2)16-17-5-6-22(16)10-14-19-15(23-20-14)8-12-4-3-7-24-12;/h3-7,9H,8,10H2,1-2H3;1H. The first-order valence-corrected chi connectivity index (χ1v) is 8.42. The lowest BCUT2D eigenvalue weighted by molar-refractivity contribution is 0.379. The molecule has 4 aromatic heterocycles. The molecular formula is C16H17ClN6OS. The van der Waals surface area contributed by atoms with Gasteiger partial charge in [-0.05, 0) is 18.4 Å². The minimum Gasteiger partial charge on any atom is -0.339 e. The second kappa shape index (κ2) is 7.20. The number of hydrogen-bond acceptors (Lipinski definition) is 6. The van der Waals surface area contributed by atoms with Crippen molar-refractivity contribution in [3.8, 4) is 11.5 Å². The zero-order valence-corrected chi connectivity index (χ0v) is 15.4. The highest BCUT2D eigenvalue weighted by Crippen LogP contribution is 2.18. The van der Waals surface area contributed by atoms with Crippen LogP contribution in [0.5, 0.6) is 0 Å². The van der Waals surface area contributed by atoms with E-state index >= 15 is 0 Å². The van der Waals surface area contributed by atoms with Crippen molar-refractivity contribution in [1.29, 1.82) is 0 Å². The molecule has 0 fully saturated rings. The Bertz CT molecular complexity index is 936. The average Bonchev–Trinajstić information content (AvgIpc) is 3.32. The van der Waals surface area contributed by atoms with Crippen molar-refractivity contribution in [3.05, 3.63) is 58.5 Å². The van der Waals surface area contributed by atoms with Crippen molar-refractivity contribution in [3.63, 3.8) is 0 Å². The van der Waals surface area contributed by atoms with E-state index in [0.717, 1.165) is 17.3 Å². The summed E-state index contributed by atoms with van der Waals surface area (Å²) in [7, 11) is 1.97. The fraction of sp³-hybridized carbons (Fsp3) is 0.250. The topological polar surface area (TPSA) is 74.6 Å². The van der Waals surface area contributed by atoms with Gasteiger partial charge in [-0.1, -0.05) is 11.2 Å². The molecule has 0 saturated heterocycles. The summed E-state index contributed by atoms with van der Waals surface area (Å²) in [6, 6.07) is 4.08. The summed E-state index contributed by atoms with van der Waals surface area (Å²) in [6.45, 7) is 2.46. The molecule has 0 aliphatic heterocycles. The maximum absolute atomic E-state index is 5.35. The Morgan fingerprint density at radius 1 is 1.28 bits per heavy atom. The van der Waals surface area contributed by atoms with E-state index in [1.807, 2.05) is 46.9 Å². The molecule has 0 N–H and O–H groups in total. The lowest BCUT2D eigenvalue weighted by Crippen LogP contribution is -2.03. The van der Waals surface area contributed by atoms with E-state index in [1.165, 1.54) is 4.88 Å². The van der Waals surface area contributed by atoms with Crippen LogP contribution in [-0.4, -0.2) is 29.2 Å². The number of imidazole rings is 2. The van der Waals surface area contributed by atoms with E-state index in [2.05, 4.69) is 26.2 Å². The number of nitrogens with zero attached hydrogens (tertiary/aromatic N) is 6. The van der Waals surface area contributed by atoms with E-state index in [4.69, 9.17) is 4.52 Å². The lowest BCUT2D eigenvalue weighted by atomic mass is 10.3. The molecule has 0 saturated carbocycles. The molecule has 4 aromatic rings. The van der Waals surface area contributed by atoms with E-state index in [9.17, 15) is 0 Å². The SMILES string of the molecule is Cc1nc(-c2nccn2Cc2noc(Cc3cccs3)n2)cn1C.Cl. The van der Waals surface area contributed by atoms with E-state index in [-0.39, 0.29) is 12.4 Å². The van der Waals surface area contributed by atoms with Crippen LogP contribution in [0.1, 0.15) is 22.4 Å². The van der Waals surface area contributed by atoms with Crippen molar-refractivity contribution >= 4 is 23.7 Å². The Kier molecular flexibility index (Phi) is 5.00. The molecule has 4 heterocycles. The molecular weight excluding hydrogens is 360 g/mol. The van der Waals surface area contributed by atoms with Gasteiger partial charge in [0.1, 0.15) is 11.5 Å². The fourth-order valence-electron chi connectivity index (χ4n) is 2.48. The van der Waals surface area contributed by atoms with Gasteiger partial charge in [0.05, 0.1) is 13.0 Å². The third-order valence-electron chi connectivity index (χ3n) is 3.78. The predicted molar refractivity (Wildman–Crippen MR) is 96.9 cm³/mol. The Labute approximate surface area is 154 Å². The Hall–Kier alpha value is -2.45. The van der Waals surface area contributed by atoms with Crippen LogP contribution in [-0.2, 0) is 20.0 Å². The van der Waals surface area contributed by atoms with Crippen LogP contribution in [0, 0.1) is 6.92 Å². The Balaban J connectivity index is 0.00000182. The maximum Gasteiger partial charge on any atom is 0.231 e. The lowest BCUT2D eigenvalue weighted by Gasteiger charge is -2.02. The van der Waals surface area contributed by atoms with Gasteiger partial charge in [-0.3, -0.25) is 0 Å². The van der Waals surface area contributed by atoms with E-state index in [0.29, 0.717) is 24.7 Å². The summed E-state index contributed by atoms with van der Waals surface area (Å²) in [6.07, 6.45) is 6.29. The first-order valence-electron chi connectivity index (χ1n) is 7.54. The van der Waals surface area contributed by atoms with Crippen LogP contribution in [0.2, 0.25) is 0 Å². The summed E-state index contributed by atoms with van der Waals surface area (Å²) >= 11 is 1.68. The molecule has 0 spiro atoms. The zero-order valence-electron chi connectivity index (χ0n) is 13.8. The van der Waals surface area contributed by atoms with Gasteiger partial charge in [-0.25, -0.2) is 9.97 Å². The Morgan fingerprint density at radius 2 is 2.16 bits per heavy atom. The maximum atomic E-state index is 5.35. The molecule has 25 heavy (non-hydrogen) atoms. The largest absolute Gasteiger partial charge is 0.339 e. The van der Waals surface area contributed by atoms with Gasteiger partial charge in [0.25, 0.3) is 0 Å². The van der Waals surface area contributed by atoms with Gasteiger partial charge in [0, 0.05) is 30.5 Å². The third kappa shape index (κ3) is 3.64. The monoisotopic (exact) mass is 376 g/mol. The van der Waals surface area contributed by atoms with Crippen LogP contribution in [0.3, 0.4) is 0 Å². The molecule has 0 radical (unpaired) electrons. The van der Waals surface area contributed by atoms with Crippen LogP contribution >= 0.6 is 23.7 Å². The highest BCUT2D eigenvalue weighted by Gasteiger charge is 2.14. The summed E-state index contributed by atoms with van der Waals surface area (Å²) in [5, 5.41) is 6.11. The summed E-state index contributed by atoms with van der Waals surface area (Å²) < 4.78 is 9.30. The van der Waals surface area contributed by atoms with Gasteiger partial charge in [0.15, 0.2) is 11.6 Å². The smallest absolute Gasteiger partial charge is 0.231 e. The average molecular weight is 377 g/mol. The van der Waals surface area contributed by atoms with Gasteiger partial charge in [-0.15, -0.1) is 23.7 Å². The number of thiophene rings is 1. The Morgan fingerprint density at radius 3 is 2.88 bits per heavy atom. The second-order valence-electron chi connectivity index (χ2n) is 5.52. The number of rotatable bonds is 5. The summed E-state index contributed by atoms with van der Waals surface area (Å²) in [5.41, 5.74) is 0.835. The van der Waals surface area contributed by atoms with E-state index in [1.54, 1.807) is 17.5 Å². The van der Waals surface area contributed by atoms with Gasteiger partial charge < -0.3 is 13.7 Å². The molecule has 9 heteroatoms. The highest BCUT2D eigenvalue weighted by molar-refractivity contribution is 7.09. The van der Waals surface area contributed by atoms with Crippen molar-refractivity contribution in [2.45, 2.75) is 19.9 Å². The van der Waals surface area contributed by atoms with Crippen molar-refractivity contribution in [1.82, 2.24) is 29.2 Å². The third-order valence-corrected chi connectivity index (χ3v) is 4.66. The van der Waals surface area contributed by atoms with Crippen LogP contribution < -0.4 is 0 Å². The molecule has 0 aromatic carbocycles. The van der Waals surface area contributed by atoms with Gasteiger partial charge >= 0.3 is 0 Å². The molecule has 0 aliphatic rings. The zero-order chi connectivity index (χ0) is 16.5. The molecule has 0 unspecified atom stereocenters. The summed E-state index contributed by atoms with van der Waals surface area (Å²) in [5.74, 6) is 3.00. The minimum atomic E-state index is 0. The van der Waals surface area contributed by atoms with Crippen molar-refractivity contribution < 1.29 is 4.52 Å². The van der Waals surface area contributed by atoms with Crippen molar-refractivity contribution in [2.75, 3.05) is 0 Å². The molecule has 0 atom stereocenters. The molecule has 130 valence electrons. The number of halogens is 1. The van der Waals surface area contributed by atoms with Crippen molar-refractivity contribution in [2.24, 2.45) is 7.05 Å². The first-order chi connectivity index (χ1) is 11.7. The van der Waals surface area contributed by atoms with Crippen LogP contribution in [0.25, 0.3) is 11.5 Å². The predicted octanol–water partition coefficient (Wildman–Crippen LogP) is 3.10. The van der Waals surface area contributed by atoms with Gasteiger partial charge in [-0.2, -0.15) is 4.98 Å². The quantitative estimate of drug-likeness (QED) is 0.535. The molecule has 0 amide bonds. The van der Waals surface area contributed by atoms with Crippen LogP contribution in [0.4, 0.5) is 0 Å². The minimum absolute atomic E-state index is 0. The first kappa shape index (κ1) is 17.4. The van der Waals surface area contributed by atoms with E-state index < -0.39 is 0 Å². The molecule has 0 bridgehead atoms. The molecule has 0 aliphatic carbocycles. The van der Waals surface area contributed by atoms with Gasteiger partial charge in [0.2, 0.25) is 5.89 Å². The molecule has 4 rings (SSSR count). The summed E-state index contributed by atoms with van der Waals surface area (Å²) in [4.78, 5) is 14.6. The fourth-order valence-corrected chi connectivity index (χ4v) is 3.17. The normalized spacial score (nSPS) is 10.8. The van der Waals surface area contributed by atoms with Crippen LogP contribution in [0.15, 0.2) is 40.6 Å². The number of hydrogen-bond donors (Lipinski definition) is 0.